The summed E-state index contributed by atoms with van der Waals surface area (Å²) in [5.74, 6) is -2.40. The lowest BCUT2D eigenvalue weighted by Gasteiger charge is -2.22. The average Bonchev–Trinajstić information content (AvgIpc) is 3.26. The van der Waals surface area contributed by atoms with Crippen molar-refractivity contribution < 1.29 is 27.5 Å². The Morgan fingerprint density at radius 2 is 1.76 bits per heavy atom. The van der Waals surface area contributed by atoms with Crippen molar-refractivity contribution in [2.24, 2.45) is 0 Å². The molecule has 3 aromatic rings. The number of rotatable bonds is 12. The number of hydrogen-bond acceptors (Lipinski definition) is 7. The summed E-state index contributed by atoms with van der Waals surface area (Å²) in [5, 5.41) is 3.63. The third-order valence-electron chi connectivity index (χ3n) is 5.71. The molecule has 0 saturated heterocycles. The number of carbonyl (C=O) groups is 3. The molecular weight excluding hydrogens is 494 g/mol. The molecule has 9 nitrogen and oxygen atoms in total. The molecule has 2 N–H and O–H groups in total. The molecule has 2 atom stereocenters. The van der Waals surface area contributed by atoms with Gasteiger partial charge in [0.1, 0.15) is 11.7 Å². The maximum Gasteiger partial charge on any atom is 0.323 e. The Morgan fingerprint density at radius 3 is 2.43 bits per heavy atom. The number of ether oxygens (including phenoxy) is 1. The number of aryl methyl sites for hydroxylation is 1. The molecule has 1 heterocycles. The zero-order chi connectivity index (χ0) is 27.0. The van der Waals surface area contributed by atoms with E-state index in [4.69, 9.17) is 4.74 Å². The van der Waals surface area contributed by atoms with Gasteiger partial charge in [0.2, 0.25) is 15.9 Å². The van der Waals surface area contributed by atoms with Crippen LogP contribution in [0.25, 0.3) is 10.9 Å². The third kappa shape index (κ3) is 7.14. The van der Waals surface area contributed by atoms with Crippen LogP contribution in [0.1, 0.15) is 41.1 Å². The number of amides is 1. The highest BCUT2D eigenvalue weighted by molar-refractivity contribution is 7.90. The first-order valence-corrected chi connectivity index (χ1v) is 13.6. The van der Waals surface area contributed by atoms with Crippen molar-refractivity contribution >= 4 is 38.7 Å². The molecule has 37 heavy (non-hydrogen) atoms. The molecule has 0 aliphatic carbocycles. The van der Waals surface area contributed by atoms with Gasteiger partial charge in [-0.1, -0.05) is 54.6 Å². The van der Waals surface area contributed by atoms with Crippen LogP contribution in [0.5, 0.6) is 0 Å². The van der Waals surface area contributed by atoms with Crippen LogP contribution in [0.3, 0.4) is 0 Å². The first-order chi connectivity index (χ1) is 17.7. The fraction of sp³-hybridized carbons (Fsp3) is 0.296. The number of para-hydroxylation sites is 1. The van der Waals surface area contributed by atoms with E-state index in [0.29, 0.717) is 23.7 Å². The van der Waals surface area contributed by atoms with Crippen LogP contribution >= 0.6 is 0 Å². The molecule has 0 aliphatic heterocycles. The second kappa shape index (κ2) is 12.5. The summed E-state index contributed by atoms with van der Waals surface area (Å²) in [4.78, 5) is 39.2. The summed E-state index contributed by atoms with van der Waals surface area (Å²) in [7, 11) is -3.97. The number of fused-ring (bicyclic) bond motifs is 1. The Kier molecular flexibility index (Phi) is 9.37. The van der Waals surface area contributed by atoms with Crippen molar-refractivity contribution in [1.82, 2.24) is 14.6 Å². The van der Waals surface area contributed by atoms with E-state index in [0.717, 1.165) is 11.6 Å². The molecule has 3 rings (SSSR count). The van der Waals surface area contributed by atoms with Crippen LogP contribution in [-0.4, -0.2) is 55.2 Å². The number of carbonyl (C=O) groups excluding carboxylic acids is 3. The molecule has 1 aromatic heterocycles. The first kappa shape index (κ1) is 27.8. The number of hydrogen-bond donors (Lipinski definition) is 2. The Hall–Kier alpha value is -3.76. The molecule has 0 saturated carbocycles. The molecule has 0 unspecified atom stereocenters. The fourth-order valence-corrected chi connectivity index (χ4v) is 4.76. The van der Waals surface area contributed by atoms with E-state index in [1.165, 1.54) is 10.6 Å². The molecule has 0 radical (unpaired) electrons. The van der Waals surface area contributed by atoms with Crippen LogP contribution in [0.2, 0.25) is 0 Å². The minimum atomic E-state index is -3.97. The van der Waals surface area contributed by atoms with Crippen molar-refractivity contribution in [3.05, 3.63) is 84.6 Å². The Bertz CT molecular complexity index is 1380. The standard InChI is InChI=1S/C27H31N3O6S/c1-4-17-37(34,35)29-25(31)24-18-21-13-9-10-14-23(21)30(24)26(32)19(3)28-22(27(33)36-5-2)16-15-20-11-7-6-8-12-20/h4,6-14,18-19,22,28H,1,5,15-17H2,2-3H3,(H,29,31)/t19-,22-/m0/s1. The Labute approximate surface area is 216 Å². The minimum Gasteiger partial charge on any atom is -0.465 e. The van der Waals surface area contributed by atoms with E-state index in [2.05, 4.69) is 11.9 Å². The molecule has 196 valence electrons. The summed E-state index contributed by atoms with van der Waals surface area (Å²) < 4.78 is 32.7. The molecular formula is C27H31N3O6S. The monoisotopic (exact) mass is 525 g/mol. The maximum atomic E-state index is 13.6. The van der Waals surface area contributed by atoms with Crippen molar-refractivity contribution in [2.45, 2.75) is 38.8 Å². The summed E-state index contributed by atoms with van der Waals surface area (Å²) >= 11 is 0. The minimum absolute atomic E-state index is 0.135. The Balaban J connectivity index is 1.89. The van der Waals surface area contributed by atoms with E-state index in [9.17, 15) is 22.8 Å². The third-order valence-corrected chi connectivity index (χ3v) is 6.88. The number of sulfonamides is 1. The van der Waals surface area contributed by atoms with Gasteiger partial charge >= 0.3 is 5.97 Å². The second-order valence-electron chi connectivity index (χ2n) is 8.48. The van der Waals surface area contributed by atoms with Gasteiger partial charge in [0, 0.05) is 5.39 Å². The predicted octanol–water partition coefficient (Wildman–Crippen LogP) is 3.07. The van der Waals surface area contributed by atoms with Gasteiger partial charge in [0.25, 0.3) is 5.91 Å². The summed E-state index contributed by atoms with van der Waals surface area (Å²) in [6.07, 6.45) is 2.13. The normalized spacial score (nSPS) is 13.0. The fourth-order valence-electron chi connectivity index (χ4n) is 3.98. The molecule has 0 bridgehead atoms. The molecule has 0 spiro atoms. The zero-order valence-corrected chi connectivity index (χ0v) is 21.7. The van der Waals surface area contributed by atoms with Crippen molar-refractivity contribution in [1.29, 1.82) is 0 Å². The zero-order valence-electron chi connectivity index (χ0n) is 20.8. The maximum absolute atomic E-state index is 13.6. The number of aromatic nitrogens is 1. The Morgan fingerprint density at radius 1 is 1.08 bits per heavy atom. The molecule has 0 aliphatic rings. The lowest BCUT2D eigenvalue weighted by Crippen LogP contribution is -2.48. The molecule has 10 heteroatoms. The van der Waals surface area contributed by atoms with Gasteiger partial charge in [-0.2, -0.15) is 0 Å². The van der Waals surface area contributed by atoms with Crippen LogP contribution in [0, 0.1) is 0 Å². The first-order valence-electron chi connectivity index (χ1n) is 11.9. The average molecular weight is 526 g/mol. The van der Waals surface area contributed by atoms with Crippen molar-refractivity contribution in [3.8, 4) is 0 Å². The van der Waals surface area contributed by atoms with Crippen LogP contribution in [0.15, 0.2) is 73.3 Å². The SMILES string of the molecule is C=CCS(=O)(=O)NC(=O)c1cc2ccccc2n1C(=O)[C@H](C)N[C@@H](CCc1ccccc1)C(=O)OCC. The lowest BCUT2D eigenvalue weighted by molar-refractivity contribution is -0.145. The van der Waals surface area contributed by atoms with Gasteiger partial charge < -0.3 is 4.74 Å². The van der Waals surface area contributed by atoms with Crippen LogP contribution < -0.4 is 10.0 Å². The number of esters is 1. The quantitative estimate of drug-likeness (QED) is 0.275. The summed E-state index contributed by atoms with van der Waals surface area (Å²) in [6, 6.07) is 16.2. The van der Waals surface area contributed by atoms with Gasteiger partial charge in [-0.3, -0.25) is 24.3 Å². The predicted molar refractivity (Wildman–Crippen MR) is 142 cm³/mol. The molecule has 0 fully saturated rings. The van der Waals surface area contributed by atoms with E-state index in [1.807, 2.05) is 35.1 Å². The van der Waals surface area contributed by atoms with Crippen molar-refractivity contribution in [3.63, 3.8) is 0 Å². The smallest absolute Gasteiger partial charge is 0.323 e. The summed E-state index contributed by atoms with van der Waals surface area (Å²) in [5.41, 5.74) is 1.34. The number of benzene rings is 2. The number of nitrogens with one attached hydrogen (secondary N) is 2. The van der Waals surface area contributed by atoms with Crippen molar-refractivity contribution in [2.75, 3.05) is 12.4 Å². The van der Waals surface area contributed by atoms with Crippen LogP contribution in [0.4, 0.5) is 0 Å². The highest BCUT2D eigenvalue weighted by Gasteiger charge is 2.29. The highest BCUT2D eigenvalue weighted by Crippen LogP contribution is 2.21. The van der Waals surface area contributed by atoms with E-state index in [1.54, 1.807) is 38.1 Å². The molecule has 1 amide bonds. The topological polar surface area (TPSA) is 124 Å². The van der Waals surface area contributed by atoms with Gasteiger partial charge in [-0.05, 0) is 44.4 Å². The van der Waals surface area contributed by atoms with Gasteiger partial charge in [0.15, 0.2) is 0 Å². The largest absolute Gasteiger partial charge is 0.465 e. The van der Waals surface area contributed by atoms with Gasteiger partial charge in [-0.15, -0.1) is 6.58 Å². The van der Waals surface area contributed by atoms with Gasteiger partial charge in [-0.25, -0.2) is 13.1 Å². The van der Waals surface area contributed by atoms with E-state index < -0.39 is 45.6 Å². The summed E-state index contributed by atoms with van der Waals surface area (Å²) in [6.45, 7) is 6.87. The van der Waals surface area contributed by atoms with E-state index in [-0.39, 0.29) is 12.3 Å². The number of nitrogens with zero attached hydrogens (tertiary/aromatic N) is 1. The lowest BCUT2D eigenvalue weighted by atomic mass is 10.0. The van der Waals surface area contributed by atoms with E-state index >= 15 is 0 Å². The van der Waals surface area contributed by atoms with Gasteiger partial charge in [0.05, 0.1) is 23.9 Å². The van der Waals surface area contributed by atoms with Crippen LogP contribution in [-0.2, 0) is 26.0 Å². The second-order valence-corrected chi connectivity index (χ2v) is 10.2. The molecule has 2 aromatic carbocycles. The highest BCUT2D eigenvalue weighted by atomic mass is 32.2.